The summed E-state index contributed by atoms with van der Waals surface area (Å²) in [4.78, 5) is 33.9. The quantitative estimate of drug-likeness (QED) is 0.246. The summed E-state index contributed by atoms with van der Waals surface area (Å²) in [7, 11) is 0. The summed E-state index contributed by atoms with van der Waals surface area (Å²) in [5.74, 6) is -3.95. The molecule has 228 valence electrons. The number of primary amides is 1. The van der Waals surface area contributed by atoms with Crippen molar-refractivity contribution in [3.8, 4) is 34.0 Å². The fourth-order valence-corrected chi connectivity index (χ4v) is 4.96. The Hall–Kier alpha value is -4.94. The van der Waals surface area contributed by atoms with Gasteiger partial charge in [-0.25, -0.2) is 14.4 Å². The number of halogens is 4. The molecule has 6 rings (SSSR count). The average molecular weight is 611 g/mol. The van der Waals surface area contributed by atoms with Crippen molar-refractivity contribution < 1.29 is 41.0 Å². The van der Waals surface area contributed by atoms with E-state index in [9.17, 15) is 27.2 Å². The number of amides is 2. The number of nitrogens with two attached hydrogens (primary N) is 1. The lowest BCUT2D eigenvalue weighted by molar-refractivity contribution is -0.149. The molecular formula is C31H26F4N4O5. The molecule has 1 aliphatic heterocycles. The largest absolute Gasteiger partial charge is 0.490 e. The topological polar surface area (TPSA) is 130 Å². The lowest BCUT2D eigenvalue weighted by atomic mass is 9.82. The van der Waals surface area contributed by atoms with Crippen LogP contribution >= 0.6 is 0 Å². The number of hydrogen-bond donors (Lipinski definition) is 2. The first kappa shape index (κ1) is 29.1. The zero-order valence-electron chi connectivity index (χ0n) is 23.3. The van der Waals surface area contributed by atoms with E-state index in [1.807, 2.05) is 0 Å². The summed E-state index contributed by atoms with van der Waals surface area (Å²) >= 11 is 0. The third kappa shape index (κ3) is 5.56. The number of rotatable bonds is 9. The number of pyridine rings is 1. The van der Waals surface area contributed by atoms with Gasteiger partial charge >= 0.3 is 6.18 Å². The van der Waals surface area contributed by atoms with Crippen LogP contribution in [0.4, 0.5) is 17.6 Å². The summed E-state index contributed by atoms with van der Waals surface area (Å²) in [5, 5.41) is 2.37. The highest BCUT2D eigenvalue weighted by atomic mass is 19.4. The zero-order valence-corrected chi connectivity index (χ0v) is 23.3. The first-order chi connectivity index (χ1) is 20.9. The van der Waals surface area contributed by atoms with Gasteiger partial charge in [0.25, 0.3) is 5.91 Å². The molecule has 1 aliphatic carbocycles. The van der Waals surface area contributed by atoms with Crippen LogP contribution in [0.25, 0.3) is 22.5 Å². The summed E-state index contributed by atoms with van der Waals surface area (Å²) in [6, 6.07) is 10.6. The molecule has 44 heavy (non-hydrogen) atoms. The third-order valence-electron chi connectivity index (χ3n) is 7.74. The number of benzene rings is 2. The summed E-state index contributed by atoms with van der Waals surface area (Å²) in [6.45, 7) is 0.392. The van der Waals surface area contributed by atoms with E-state index in [-0.39, 0.29) is 40.8 Å². The predicted octanol–water partition coefficient (Wildman–Crippen LogP) is 5.30. The van der Waals surface area contributed by atoms with E-state index in [2.05, 4.69) is 15.3 Å². The Kier molecular flexibility index (Phi) is 7.26. The molecule has 0 radical (unpaired) electrons. The van der Waals surface area contributed by atoms with E-state index in [1.54, 1.807) is 6.07 Å². The van der Waals surface area contributed by atoms with Gasteiger partial charge in [-0.1, -0.05) is 0 Å². The average Bonchev–Trinajstić information content (AvgIpc) is 3.49. The number of fused-ring (bicyclic) bond motifs is 1. The number of oxazole rings is 1. The van der Waals surface area contributed by atoms with Gasteiger partial charge in [0.15, 0.2) is 6.39 Å². The Morgan fingerprint density at radius 3 is 2.55 bits per heavy atom. The Bertz CT molecular complexity index is 1720. The molecule has 0 spiro atoms. The maximum Gasteiger partial charge on any atom is 0.398 e. The number of nitrogens with one attached hydrogen (secondary N) is 1. The minimum absolute atomic E-state index is 0.00615. The van der Waals surface area contributed by atoms with Gasteiger partial charge in [-0.05, 0) is 68.3 Å². The van der Waals surface area contributed by atoms with Crippen molar-refractivity contribution in [1.82, 2.24) is 15.3 Å². The van der Waals surface area contributed by atoms with Crippen molar-refractivity contribution in [2.45, 2.75) is 43.4 Å². The van der Waals surface area contributed by atoms with Crippen LogP contribution in [0.15, 0.2) is 65.6 Å². The van der Waals surface area contributed by atoms with Crippen molar-refractivity contribution in [2.24, 2.45) is 5.73 Å². The SMILES string of the molecule is C[C@]1(C(N)=O)COc2c1cc(C(CNC(=O)c1ccc(-c3cocn3)c(OC3CC3)c1)C(F)(F)F)nc2-c1ccc(F)cc1. The van der Waals surface area contributed by atoms with Crippen LogP contribution in [0.3, 0.4) is 0 Å². The molecular weight excluding hydrogens is 584 g/mol. The molecule has 1 unspecified atom stereocenters. The molecule has 2 atom stereocenters. The summed E-state index contributed by atoms with van der Waals surface area (Å²) in [5.41, 5.74) is 5.26. The molecule has 2 aromatic carbocycles. The molecule has 1 saturated carbocycles. The molecule has 0 saturated heterocycles. The first-order valence-corrected chi connectivity index (χ1v) is 13.7. The molecule has 2 aromatic heterocycles. The van der Waals surface area contributed by atoms with Crippen molar-refractivity contribution in [1.29, 1.82) is 0 Å². The molecule has 4 aromatic rings. The van der Waals surface area contributed by atoms with Gasteiger partial charge in [0.1, 0.15) is 52.9 Å². The van der Waals surface area contributed by atoms with E-state index < -0.39 is 47.4 Å². The molecule has 9 nitrogen and oxygen atoms in total. The Morgan fingerprint density at radius 1 is 1.16 bits per heavy atom. The number of carbonyl (C=O) groups is 2. The Labute approximate surface area is 248 Å². The lowest BCUT2D eigenvalue weighted by Crippen LogP contribution is -2.40. The van der Waals surface area contributed by atoms with E-state index >= 15 is 0 Å². The van der Waals surface area contributed by atoms with Crippen LogP contribution in [-0.2, 0) is 10.2 Å². The van der Waals surface area contributed by atoms with Crippen LogP contribution in [0.2, 0.25) is 0 Å². The molecule has 1 fully saturated rings. The number of ether oxygens (including phenoxy) is 2. The number of nitrogens with zero attached hydrogens (tertiary/aromatic N) is 2. The van der Waals surface area contributed by atoms with Crippen LogP contribution < -0.4 is 20.5 Å². The van der Waals surface area contributed by atoms with Crippen molar-refractivity contribution >= 4 is 11.8 Å². The summed E-state index contributed by atoms with van der Waals surface area (Å²) < 4.78 is 74.1. The number of alkyl halides is 3. The van der Waals surface area contributed by atoms with E-state index in [4.69, 9.17) is 19.6 Å². The Morgan fingerprint density at radius 2 is 1.91 bits per heavy atom. The van der Waals surface area contributed by atoms with Crippen LogP contribution in [0, 0.1) is 5.82 Å². The van der Waals surface area contributed by atoms with Gasteiger partial charge in [-0.3, -0.25) is 9.59 Å². The maximum atomic E-state index is 14.6. The molecule has 2 amide bonds. The minimum atomic E-state index is -4.85. The van der Waals surface area contributed by atoms with E-state index in [0.717, 1.165) is 31.0 Å². The maximum absolute atomic E-state index is 14.6. The van der Waals surface area contributed by atoms with Crippen LogP contribution in [0.1, 0.15) is 47.3 Å². The van der Waals surface area contributed by atoms with Gasteiger partial charge in [-0.15, -0.1) is 0 Å². The fraction of sp³-hybridized carbons (Fsp3) is 0.290. The van der Waals surface area contributed by atoms with E-state index in [1.165, 1.54) is 43.8 Å². The second kappa shape index (κ2) is 11.0. The normalized spacial score (nSPS) is 18.3. The standard InChI is InChI=1S/C31H26F4N4O5/c1-30(29(36)41)14-43-27-21(30)11-23(39-26(27)16-2-5-18(32)6-3-16)22(31(33,34)35)12-37-28(40)17-4-9-20(24-13-42-15-38-24)25(10-17)44-19-7-8-19/h2-6,9-11,13,15,19,22H,7-8,12,14H2,1H3,(H2,36,41)(H,37,40)/t22?,30-/m0/s1. The van der Waals surface area contributed by atoms with Crippen LogP contribution in [-0.4, -0.2) is 47.2 Å². The van der Waals surface area contributed by atoms with Gasteiger partial charge in [0, 0.05) is 28.8 Å². The highest BCUT2D eigenvalue weighted by Gasteiger charge is 2.47. The zero-order chi connectivity index (χ0) is 31.2. The lowest BCUT2D eigenvalue weighted by Gasteiger charge is -2.24. The number of hydrogen-bond acceptors (Lipinski definition) is 7. The molecule has 3 heterocycles. The van der Waals surface area contributed by atoms with Crippen molar-refractivity contribution in [2.75, 3.05) is 13.2 Å². The minimum Gasteiger partial charge on any atom is -0.490 e. The van der Waals surface area contributed by atoms with Gasteiger partial charge in [0.05, 0.1) is 11.8 Å². The number of aromatic nitrogens is 2. The first-order valence-electron chi connectivity index (χ1n) is 13.7. The fourth-order valence-electron chi connectivity index (χ4n) is 4.96. The van der Waals surface area contributed by atoms with Crippen LogP contribution in [0.5, 0.6) is 11.5 Å². The second-order valence-electron chi connectivity index (χ2n) is 11.0. The molecule has 13 heteroatoms. The van der Waals surface area contributed by atoms with Gasteiger partial charge in [0.2, 0.25) is 5.91 Å². The molecule has 0 bridgehead atoms. The highest BCUT2D eigenvalue weighted by Crippen LogP contribution is 2.46. The molecule has 3 N–H and O–H groups in total. The van der Waals surface area contributed by atoms with Crippen molar-refractivity contribution in [3.63, 3.8) is 0 Å². The van der Waals surface area contributed by atoms with Gasteiger partial charge in [-0.2, -0.15) is 13.2 Å². The smallest absolute Gasteiger partial charge is 0.398 e. The Balaban J connectivity index is 1.33. The van der Waals surface area contributed by atoms with Gasteiger partial charge < -0.3 is 24.9 Å². The van der Waals surface area contributed by atoms with Crippen molar-refractivity contribution in [3.05, 3.63) is 83.8 Å². The van der Waals surface area contributed by atoms with E-state index in [0.29, 0.717) is 17.0 Å². The third-order valence-corrected chi connectivity index (χ3v) is 7.74. The molecule has 2 aliphatic rings. The monoisotopic (exact) mass is 610 g/mol. The summed E-state index contributed by atoms with van der Waals surface area (Å²) in [6.07, 6.45) is -0.523. The second-order valence-corrected chi connectivity index (χ2v) is 11.0. The predicted molar refractivity (Wildman–Crippen MR) is 148 cm³/mol. The highest BCUT2D eigenvalue weighted by molar-refractivity contribution is 5.95. The number of carbonyl (C=O) groups excluding carboxylic acids is 2.